The molecule has 7 heteroatoms. The number of carbonyl (C=O) groups excluding carboxylic acids is 2. The Hall–Kier alpha value is -2.15. The van der Waals surface area contributed by atoms with Gasteiger partial charge in [-0.2, -0.15) is 5.10 Å². The van der Waals surface area contributed by atoms with Crippen molar-refractivity contribution >= 4 is 23.2 Å². The van der Waals surface area contributed by atoms with Crippen LogP contribution >= 0.6 is 11.3 Å². The molecule has 3 aliphatic carbocycles. The normalized spacial score (nSPS) is 29.0. The van der Waals surface area contributed by atoms with E-state index in [2.05, 4.69) is 41.8 Å². The molecule has 160 valence electrons. The largest absolute Gasteiger partial charge is 0.351 e. The number of nitrogens with one attached hydrogen (secondary N) is 2. The smallest absolute Gasteiger partial charge is 0.231 e. The van der Waals surface area contributed by atoms with Crippen LogP contribution in [0.4, 0.5) is 0 Å². The molecule has 30 heavy (non-hydrogen) atoms. The summed E-state index contributed by atoms with van der Waals surface area (Å²) in [4.78, 5) is 27.1. The average Bonchev–Trinajstić information content (AvgIpc) is 3.49. The van der Waals surface area contributed by atoms with E-state index in [4.69, 9.17) is 0 Å². The highest BCUT2D eigenvalue weighted by atomic mass is 32.1. The maximum Gasteiger partial charge on any atom is 0.231 e. The summed E-state index contributed by atoms with van der Waals surface area (Å²) >= 11 is 1.67. The van der Waals surface area contributed by atoms with Crippen LogP contribution in [-0.4, -0.2) is 33.7 Å². The van der Waals surface area contributed by atoms with E-state index in [1.165, 1.54) is 4.88 Å². The van der Waals surface area contributed by atoms with Crippen molar-refractivity contribution in [3.05, 3.63) is 40.3 Å². The summed E-state index contributed by atoms with van der Waals surface area (Å²) in [5.41, 5.74) is 0.843. The van der Waals surface area contributed by atoms with E-state index < -0.39 is 0 Å². The summed E-state index contributed by atoms with van der Waals surface area (Å²) in [6, 6.07) is 4.50. The molecule has 0 radical (unpaired) electrons. The molecule has 0 bridgehead atoms. The Balaban J connectivity index is 1.17. The molecule has 2 unspecified atom stereocenters. The third kappa shape index (κ3) is 3.57. The first kappa shape index (κ1) is 19.8. The molecule has 2 aromatic rings. The van der Waals surface area contributed by atoms with Gasteiger partial charge in [0.2, 0.25) is 11.8 Å². The van der Waals surface area contributed by atoms with E-state index in [0.717, 1.165) is 44.1 Å². The van der Waals surface area contributed by atoms with Crippen molar-refractivity contribution in [2.75, 3.05) is 0 Å². The fourth-order valence-electron chi connectivity index (χ4n) is 4.84. The van der Waals surface area contributed by atoms with Crippen LogP contribution in [0.1, 0.15) is 74.8 Å². The molecular weight excluding hydrogens is 396 g/mol. The topological polar surface area (TPSA) is 76.0 Å². The number of thiophene rings is 1. The third-order valence-electron chi connectivity index (χ3n) is 7.04. The SMILES string of the molecule is CC(C)n1cc(C2CC2C(=O)N[C@@H]2CCC[C@H]2NC(=O)C2(c3cccs3)CC2)cn1. The van der Waals surface area contributed by atoms with Crippen LogP contribution in [0.3, 0.4) is 0 Å². The highest BCUT2D eigenvalue weighted by Gasteiger charge is 2.53. The van der Waals surface area contributed by atoms with Crippen LogP contribution in [0, 0.1) is 5.92 Å². The van der Waals surface area contributed by atoms with Gasteiger partial charge in [0.1, 0.15) is 0 Å². The Kier molecular flexibility index (Phi) is 4.96. The van der Waals surface area contributed by atoms with Crippen LogP contribution in [0.15, 0.2) is 29.9 Å². The Bertz CT molecular complexity index is 931. The lowest BCUT2D eigenvalue weighted by molar-refractivity contribution is -0.126. The van der Waals surface area contributed by atoms with Gasteiger partial charge in [-0.25, -0.2) is 0 Å². The minimum absolute atomic E-state index is 0.0349. The van der Waals surface area contributed by atoms with Crippen molar-refractivity contribution in [1.29, 1.82) is 0 Å². The maximum atomic E-state index is 13.0. The lowest BCUT2D eigenvalue weighted by atomic mass is 10.0. The molecule has 3 aliphatic rings. The summed E-state index contributed by atoms with van der Waals surface area (Å²) in [6.07, 6.45) is 9.63. The van der Waals surface area contributed by atoms with Gasteiger partial charge in [0, 0.05) is 35.1 Å². The lowest BCUT2D eigenvalue weighted by Gasteiger charge is -2.24. The predicted octanol–water partition coefficient (Wildman–Crippen LogP) is 3.51. The molecule has 2 N–H and O–H groups in total. The van der Waals surface area contributed by atoms with Gasteiger partial charge in [-0.3, -0.25) is 14.3 Å². The van der Waals surface area contributed by atoms with Gasteiger partial charge in [0.25, 0.3) is 0 Å². The van der Waals surface area contributed by atoms with E-state index >= 15 is 0 Å². The van der Waals surface area contributed by atoms with Crippen LogP contribution in [0.25, 0.3) is 0 Å². The summed E-state index contributed by atoms with van der Waals surface area (Å²) in [5.74, 6) is 0.581. The molecule has 4 atom stereocenters. The lowest BCUT2D eigenvalue weighted by Crippen LogP contribution is -2.51. The first-order chi connectivity index (χ1) is 14.5. The third-order valence-corrected chi connectivity index (χ3v) is 8.12. The molecule has 0 saturated heterocycles. The second-order valence-electron chi connectivity index (χ2n) is 9.48. The van der Waals surface area contributed by atoms with Crippen molar-refractivity contribution in [3.63, 3.8) is 0 Å². The van der Waals surface area contributed by atoms with Crippen LogP contribution in [0.2, 0.25) is 0 Å². The minimum Gasteiger partial charge on any atom is -0.351 e. The molecule has 0 aromatic carbocycles. The fraction of sp³-hybridized carbons (Fsp3) is 0.609. The van der Waals surface area contributed by atoms with Gasteiger partial charge in [-0.05, 0) is 75.3 Å². The van der Waals surface area contributed by atoms with E-state index in [9.17, 15) is 9.59 Å². The standard InChI is InChI=1S/C23H30N4O2S/c1-14(2)27-13-15(12-24-27)16-11-17(16)21(28)25-18-5-3-6-19(18)26-22(29)23(8-9-23)20-7-4-10-30-20/h4,7,10,12-14,16-19H,3,5-6,8-9,11H2,1-2H3,(H,25,28)(H,26,29)/t16?,17?,18-,19-/m1/s1. The molecule has 5 rings (SSSR count). The van der Waals surface area contributed by atoms with E-state index in [1.807, 2.05) is 22.3 Å². The Morgan fingerprint density at radius 3 is 2.63 bits per heavy atom. The zero-order valence-corrected chi connectivity index (χ0v) is 18.5. The summed E-state index contributed by atoms with van der Waals surface area (Å²) in [6.45, 7) is 4.21. The number of nitrogens with zero attached hydrogens (tertiary/aromatic N) is 2. The Morgan fingerprint density at radius 1 is 1.23 bits per heavy atom. The van der Waals surface area contributed by atoms with Crippen molar-refractivity contribution in [3.8, 4) is 0 Å². The van der Waals surface area contributed by atoms with Crippen LogP contribution in [0.5, 0.6) is 0 Å². The van der Waals surface area contributed by atoms with Crippen molar-refractivity contribution < 1.29 is 9.59 Å². The van der Waals surface area contributed by atoms with Gasteiger partial charge in [-0.15, -0.1) is 11.3 Å². The molecule has 2 heterocycles. The van der Waals surface area contributed by atoms with E-state index in [1.54, 1.807) is 11.3 Å². The summed E-state index contributed by atoms with van der Waals surface area (Å²) < 4.78 is 1.95. The van der Waals surface area contributed by atoms with E-state index in [0.29, 0.717) is 6.04 Å². The molecule has 0 aliphatic heterocycles. The highest BCUT2D eigenvalue weighted by Crippen LogP contribution is 2.50. The van der Waals surface area contributed by atoms with Crippen molar-refractivity contribution in [2.24, 2.45) is 5.92 Å². The van der Waals surface area contributed by atoms with Gasteiger partial charge in [0.05, 0.1) is 11.6 Å². The first-order valence-electron chi connectivity index (χ1n) is 11.2. The number of hydrogen-bond donors (Lipinski definition) is 2. The molecule has 6 nitrogen and oxygen atoms in total. The second-order valence-corrected chi connectivity index (χ2v) is 10.4. The highest BCUT2D eigenvalue weighted by molar-refractivity contribution is 7.10. The van der Waals surface area contributed by atoms with Gasteiger partial charge < -0.3 is 10.6 Å². The van der Waals surface area contributed by atoms with Crippen molar-refractivity contribution in [2.45, 2.75) is 81.8 Å². The Morgan fingerprint density at radius 2 is 2.00 bits per heavy atom. The van der Waals surface area contributed by atoms with Gasteiger partial charge in [0.15, 0.2) is 0 Å². The maximum absolute atomic E-state index is 13.0. The number of carbonyl (C=O) groups is 2. The van der Waals surface area contributed by atoms with E-state index in [-0.39, 0.29) is 41.1 Å². The summed E-state index contributed by atoms with van der Waals surface area (Å²) in [5, 5.41) is 13.0. The van der Waals surface area contributed by atoms with Crippen LogP contribution < -0.4 is 10.6 Å². The molecule has 2 aromatic heterocycles. The number of hydrogen-bond acceptors (Lipinski definition) is 4. The number of aromatic nitrogens is 2. The molecule has 0 spiro atoms. The monoisotopic (exact) mass is 426 g/mol. The Labute approximate surface area is 181 Å². The quantitative estimate of drug-likeness (QED) is 0.711. The van der Waals surface area contributed by atoms with Crippen LogP contribution in [-0.2, 0) is 15.0 Å². The predicted molar refractivity (Wildman–Crippen MR) is 116 cm³/mol. The number of amides is 2. The fourth-order valence-corrected chi connectivity index (χ4v) is 5.83. The average molecular weight is 427 g/mol. The number of rotatable bonds is 7. The van der Waals surface area contributed by atoms with Gasteiger partial charge >= 0.3 is 0 Å². The zero-order valence-electron chi connectivity index (χ0n) is 17.6. The zero-order chi connectivity index (χ0) is 20.9. The summed E-state index contributed by atoms with van der Waals surface area (Å²) in [7, 11) is 0. The minimum atomic E-state index is -0.316. The molecular formula is C23H30N4O2S. The molecule has 2 amide bonds. The molecule has 3 fully saturated rings. The second kappa shape index (κ2) is 7.52. The van der Waals surface area contributed by atoms with Crippen molar-refractivity contribution in [1.82, 2.24) is 20.4 Å². The first-order valence-corrected chi connectivity index (χ1v) is 12.1. The van der Waals surface area contributed by atoms with Gasteiger partial charge in [-0.1, -0.05) is 6.07 Å². The molecule has 3 saturated carbocycles.